The summed E-state index contributed by atoms with van der Waals surface area (Å²) in [7, 11) is 0. The van der Waals surface area contributed by atoms with Crippen molar-refractivity contribution in [1.82, 2.24) is 0 Å². The molecule has 0 radical (unpaired) electrons. The summed E-state index contributed by atoms with van der Waals surface area (Å²) in [5.41, 5.74) is 9.89. The van der Waals surface area contributed by atoms with E-state index in [2.05, 4.69) is 74.7 Å². The second-order valence-electron chi connectivity index (χ2n) is 15.4. The fraction of sp³-hybridized carbons (Fsp3) is 0.333. The van der Waals surface area contributed by atoms with Gasteiger partial charge in [-0.05, 0) is 120 Å². The van der Waals surface area contributed by atoms with Gasteiger partial charge in [0.1, 0.15) is 0 Å². The Morgan fingerprint density at radius 3 is 2.04 bits per heavy atom. The molecule has 256 valence electrons. The molecule has 0 N–H and O–H groups in total. The molecule has 8 unspecified atom stereocenters. The van der Waals surface area contributed by atoms with Crippen LogP contribution in [-0.4, -0.2) is 23.6 Å². The molecule has 4 bridgehead atoms. The van der Waals surface area contributed by atoms with E-state index >= 15 is 0 Å². The zero-order valence-electron chi connectivity index (χ0n) is 29.2. The van der Waals surface area contributed by atoms with Crippen LogP contribution in [0.25, 0.3) is 17.7 Å². The Morgan fingerprint density at radius 2 is 1.31 bits per heavy atom. The molecule has 4 fully saturated rings. The lowest BCUT2D eigenvalue weighted by atomic mass is 9.77. The van der Waals surface area contributed by atoms with E-state index in [1.165, 1.54) is 32.1 Å². The van der Waals surface area contributed by atoms with Crippen molar-refractivity contribution in [3.05, 3.63) is 125 Å². The van der Waals surface area contributed by atoms with E-state index in [0.29, 0.717) is 11.4 Å². The predicted octanol–water partition coefficient (Wildman–Crippen LogP) is 8.00. The van der Waals surface area contributed by atoms with Crippen molar-refractivity contribution in [3.8, 4) is 0 Å². The second-order valence-corrected chi connectivity index (χ2v) is 15.4. The van der Waals surface area contributed by atoms with E-state index in [4.69, 9.17) is 0 Å². The molecule has 2 saturated heterocycles. The highest BCUT2D eigenvalue weighted by Crippen LogP contribution is 2.60. The molecule has 2 heterocycles. The number of imide groups is 2. The van der Waals surface area contributed by atoms with E-state index in [1.807, 2.05) is 25.1 Å². The van der Waals surface area contributed by atoms with E-state index in [-0.39, 0.29) is 59.1 Å². The summed E-state index contributed by atoms with van der Waals surface area (Å²) in [6.07, 6.45) is 12.5. The zero-order valence-corrected chi connectivity index (χ0v) is 29.2. The fourth-order valence-corrected chi connectivity index (χ4v) is 10.6. The molecule has 4 amide bonds. The Kier molecular flexibility index (Phi) is 7.32. The van der Waals surface area contributed by atoms with E-state index in [9.17, 15) is 19.2 Å². The minimum Gasteiger partial charge on any atom is -0.274 e. The monoisotopic (exact) mass is 674 g/mol. The van der Waals surface area contributed by atoms with Crippen LogP contribution in [0.5, 0.6) is 0 Å². The number of allylic oxidation sites excluding steroid dienone is 4. The summed E-state index contributed by atoms with van der Waals surface area (Å²) < 4.78 is 0. The molecular weight excluding hydrogens is 633 g/mol. The smallest absolute Gasteiger partial charge is 0.238 e. The van der Waals surface area contributed by atoms with Crippen molar-refractivity contribution >= 4 is 52.7 Å². The molecule has 8 atom stereocenters. The number of carbonyl (C=O) groups is 4. The van der Waals surface area contributed by atoms with Gasteiger partial charge in [0.15, 0.2) is 0 Å². The first kappa shape index (κ1) is 31.9. The van der Waals surface area contributed by atoms with Crippen molar-refractivity contribution < 1.29 is 19.2 Å². The van der Waals surface area contributed by atoms with Crippen LogP contribution >= 0.6 is 0 Å². The van der Waals surface area contributed by atoms with Gasteiger partial charge in [0.05, 0.1) is 35.0 Å². The number of rotatable bonds is 9. The van der Waals surface area contributed by atoms with Gasteiger partial charge in [0.2, 0.25) is 23.6 Å². The number of hydrogen-bond donors (Lipinski definition) is 0. The standard InChI is InChI=1S/C45H42N2O4/c1-5-25-9-11-27(12-10-25)14-16-29-19-30-20-34(29)40-38(30)43(49)47(45(40)51)37-23-32(17-8-24(37)4)46-42(48)39-31-21-35(36(22-31)41(39)44(46)50)33-18-26(6-2)13-15-28(33)7-3/h5-6,8-13,15,17-19,21,23,30-31,34,36,38-41H,1-2,7,14,16,20,22H2,3-4H3. The highest BCUT2D eigenvalue weighted by molar-refractivity contribution is 6.25. The molecule has 4 aliphatic carbocycles. The quantitative estimate of drug-likeness (QED) is 0.170. The van der Waals surface area contributed by atoms with Gasteiger partial charge in [-0.1, -0.05) is 92.4 Å². The summed E-state index contributed by atoms with van der Waals surface area (Å²) in [6.45, 7) is 11.8. The minimum atomic E-state index is -0.418. The average molecular weight is 675 g/mol. The van der Waals surface area contributed by atoms with Crippen LogP contribution in [-0.2, 0) is 32.0 Å². The summed E-state index contributed by atoms with van der Waals surface area (Å²) in [5.74, 6) is -2.11. The van der Waals surface area contributed by atoms with Crippen LogP contribution in [0.2, 0.25) is 0 Å². The van der Waals surface area contributed by atoms with Crippen LogP contribution in [0.15, 0.2) is 91.5 Å². The van der Waals surface area contributed by atoms with Gasteiger partial charge in [0, 0.05) is 0 Å². The lowest BCUT2D eigenvalue weighted by Gasteiger charge is -2.24. The molecule has 6 heteroatoms. The first-order valence-corrected chi connectivity index (χ1v) is 18.5. The zero-order chi connectivity index (χ0) is 35.3. The fourth-order valence-electron chi connectivity index (χ4n) is 10.6. The van der Waals surface area contributed by atoms with Crippen LogP contribution in [0.3, 0.4) is 0 Å². The van der Waals surface area contributed by atoms with Gasteiger partial charge in [-0.15, -0.1) is 0 Å². The van der Waals surface area contributed by atoms with Crippen molar-refractivity contribution in [3.63, 3.8) is 0 Å². The predicted molar refractivity (Wildman–Crippen MR) is 200 cm³/mol. The Bertz CT molecular complexity index is 2140. The van der Waals surface area contributed by atoms with Gasteiger partial charge < -0.3 is 0 Å². The summed E-state index contributed by atoms with van der Waals surface area (Å²) >= 11 is 0. The Balaban J connectivity index is 0.961. The highest BCUT2D eigenvalue weighted by atomic mass is 16.2. The molecule has 2 aliphatic heterocycles. The molecule has 3 aromatic rings. The van der Waals surface area contributed by atoms with Crippen molar-refractivity contribution in [2.75, 3.05) is 9.80 Å². The van der Waals surface area contributed by atoms with Gasteiger partial charge in [-0.3, -0.25) is 19.2 Å². The SMILES string of the molecule is C=Cc1ccc(CCC2=CC3CC2C2C(=O)N(c4cc(N5C(=O)C6C7C=C(c8cc(C=C)ccc8CC)C(C7)C6C5=O)ccc4C)C(=O)C32)cc1. The summed E-state index contributed by atoms with van der Waals surface area (Å²) in [4.78, 5) is 59.4. The van der Waals surface area contributed by atoms with Gasteiger partial charge >= 0.3 is 0 Å². The van der Waals surface area contributed by atoms with Crippen molar-refractivity contribution in [2.45, 2.75) is 46.0 Å². The Hall–Kier alpha value is -5.10. The van der Waals surface area contributed by atoms with Crippen LogP contribution < -0.4 is 9.80 Å². The lowest BCUT2D eigenvalue weighted by molar-refractivity contribution is -0.124. The third-order valence-corrected chi connectivity index (χ3v) is 13.0. The van der Waals surface area contributed by atoms with Gasteiger partial charge in [-0.25, -0.2) is 9.80 Å². The van der Waals surface area contributed by atoms with Crippen LogP contribution in [0.1, 0.15) is 59.6 Å². The van der Waals surface area contributed by atoms with Crippen molar-refractivity contribution in [2.24, 2.45) is 47.3 Å². The number of aryl methyl sites for hydroxylation is 3. The number of fused-ring (bicyclic) bond motifs is 10. The number of carbonyl (C=O) groups excluding carboxylic acids is 4. The number of nitrogens with zero attached hydrogens (tertiary/aromatic N) is 2. The molecule has 51 heavy (non-hydrogen) atoms. The van der Waals surface area contributed by atoms with E-state index in [0.717, 1.165) is 54.4 Å². The first-order chi connectivity index (χ1) is 24.7. The molecule has 3 aromatic carbocycles. The molecule has 0 aromatic heterocycles. The second kappa shape index (κ2) is 11.7. The molecule has 6 nitrogen and oxygen atoms in total. The molecule has 9 rings (SSSR count). The third-order valence-electron chi connectivity index (χ3n) is 13.0. The minimum absolute atomic E-state index is 0.00301. The number of amides is 4. The van der Waals surface area contributed by atoms with Gasteiger partial charge in [-0.2, -0.15) is 0 Å². The average Bonchev–Trinajstić information content (AvgIpc) is 4.00. The number of anilines is 2. The normalized spacial score (nSPS) is 29.9. The van der Waals surface area contributed by atoms with E-state index in [1.54, 1.807) is 12.1 Å². The highest BCUT2D eigenvalue weighted by Gasteiger charge is 2.63. The molecule has 6 aliphatic rings. The van der Waals surface area contributed by atoms with Crippen LogP contribution in [0.4, 0.5) is 11.4 Å². The van der Waals surface area contributed by atoms with Crippen LogP contribution in [0, 0.1) is 54.3 Å². The number of hydrogen-bond acceptors (Lipinski definition) is 4. The topological polar surface area (TPSA) is 74.8 Å². The Labute approximate surface area is 299 Å². The maximum atomic E-state index is 14.3. The third kappa shape index (κ3) is 4.61. The largest absolute Gasteiger partial charge is 0.274 e. The summed E-state index contributed by atoms with van der Waals surface area (Å²) in [5, 5.41) is 0. The van der Waals surface area contributed by atoms with Crippen molar-refractivity contribution in [1.29, 1.82) is 0 Å². The molecule has 2 saturated carbocycles. The first-order valence-electron chi connectivity index (χ1n) is 18.5. The maximum Gasteiger partial charge on any atom is 0.238 e. The van der Waals surface area contributed by atoms with E-state index < -0.39 is 11.8 Å². The molecular formula is C45H42N2O4. The lowest BCUT2D eigenvalue weighted by Crippen LogP contribution is -2.35. The Morgan fingerprint density at radius 1 is 0.686 bits per heavy atom. The number of benzene rings is 3. The molecule has 0 spiro atoms. The maximum absolute atomic E-state index is 14.3. The summed E-state index contributed by atoms with van der Waals surface area (Å²) in [6, 6.07) is 20.1. The van der Waals surface area contributed by atoms with Gasteiger partial charge in [0.25, 0.3) is 0 Å².